The first-order valence-electron chi connectivity index (χ1n) is 10.3. The number of nitrogens with zero attached hydrogens (tertiary/aromatic N) is 4. The van der Waals surface area contributed by atoms with Crippen molar-refractivity contribution in [3.63, 3.8) is 0 Å². The molecule has 8 heteroatoms. The number of carbonyl (C=O) groups excluding carboxylic acids is 1. The van der Waals surface area contributed by atoms with Crippen LogP contribution in [0.5, 0.6) is 11.5 Å². The number of ether oxygens (including phenoxy) is 2. The van der Waals surface area contributed by atoms with E-state index in [9.17, 15) is 10.1 Å². The smallest absolute Gasteiger partial charge is 0.256 e. The van der Waals surface area contributed by atoms with Crippen molar-refractivity contribution in [1.29, 1.82) is 5.26 Å². The Labute approximate surface area is 185 Å². The molecule has 0 bridgehead atoms. The van der Waals surface area contributed by atoms with Crippen LogP contribution in [-0.4, -0.2) is 34.0 Å². The first-order chi connectivity index (χ1) is 15.5. The maximum Gasteiger partial charge on any atom is 0.256 e. The summed E-state index contributed by atoms with van der Waals surface area (Å²) in [7, 11) is 1.53. The second-order valence-corrected chi connectivity index (χ2v) is 7.74. The highest BCUT2D eigenvalue weighted by atomic mass is 16.5. The van der Waals surface area contributed by atoms with Crippen molar-refractivity contribution in [3.8, 4) is 17.6 Å². The predicted molar refractivity (Wildman–Crippen MR) is 121 cm³/mol. The van der Waals surface area contributed by atoms with E-state index in [2.05, 4.69) is 35.2 Å². The van der Waals surface area contributed by atoms with Crippen LogP contribution in [0.2, 0.25) is 0 Å². The third-order valence-corrected chi connectivity index (χ3v) is 5.03. The number of rotatable bonds is 7. The quantitative estimate of drug-likeness (QED) is 0.466. The number of imidazole rings is 1. The molecule has 0 aliphatic rings. The number of benzene rings is 2. The Hall–Kier alpha value is -4.12. The Bertz CT molecular complexity index is 1340. The molecule has 2 aromatic carbocycles. The number of carbonyl (C=O) groups is 1. The molecule has 2 heterocycles. The number of fused-ring (bicyclic) bond motifs is 3. The minimum atomic E-state index is -0.415. The van der Waals surface area contributed by atoms with E-state index >= 15 is 0 Å². The van der Waals surface area contributed by atoms with Gasteiger partial charge < -0.3 is 14.8 Å². The summed E-state index contributed by atoms with van der Waals surface area (Å²) < 4.78 is 12.9. The van der Waals surface area contributed by atoms with Gasteiger partial charge >= 0.3 is 0 Å². The molecule has 1 N–H and O–H groups in total. The molecule has 4 aromatic rings. The normalized spacial score (nSPS) is 11.0. The summed E-state index contributed by atoms with van der Waals surface area (Å²) in [4.78, 5) is 21.8. The Morgan fingerprint density at radius 1 is 1.19 bits per heavy atom. The van der Waals surface area contributed by atoms with Crippen LogP contribution in [-0.2, 0) is 0 Å². The number of methoxy groups -OCH3 is 1. The summed E-state index contributed by atoms with van der Waals surface area (Å²) in [5.74, 6) is 1.69. The van der Waals surface area contributed by atoms with Crippen molar-refractivity contribution < 1.29 is 14.3 Å². The third-order valence-electron chi connectivity index (χ3n) is 5.03. The van der Waals surface area contributed by atoms with Crippen LogP contribution in [0.1, 0.15) is 36.2 Å². The summed E-state index contributed by atoms with van der Waals surface area (Å²) in [6.45, 7) is 4.82. The summed E-state index contributed by atoms with van der Waals surface area (Å²) in [6.07, 6.45) is 2.54. The van der Waals surface area contributed by atoms with Crippen molar-refractivity contribution in [2.45, 2.75) is 20.3 Å². The van der Waals surface area contributed by atoms with Gasteiger partial charge in [0, 0.05) is 11.8 Å². The molecule has 2 aromatic heterocycles. The van der Waals surface area contributed by atoms with Gasteiger partial charge in [-0.15, -0.1) is 0 Å². The second-order valence-electron chi connectivity index (χ2n) is 7.74. The fourth-order valence-electron chi connectivity index (χ4n) is 3.28. The molecule has 0 aliphatic carbocycles. The van der Waals surface area contributed by atoms with Crippen molar-refractivity contribution >= 4 is 28.5 Å². The largest absolute Gasteiger partial charge is 0.493 e. The maximum atomic E-state index is 12.9. The van der Waals surface area contributed by atoms with Crippen LogP contribution >= 0.6 is 0 Å². The number of anilines is 1. The molecule has 0 unspecified atom stereocenters. The molecule has 0 fully saturated rings. The number of nitrogens with one attached hydrogen (secondary N) is 1. The molecule has 0 aliphatic heterocycles. The zero-order valence-electron chi connectivity index (χ0n) is 18.1. The number of para-hydroxylation sites is 2. The Morgan fingerprint density at radius 2 is 2.00 bits per heavy atom. The Balaban J connectivity index is 1.60. The lowest BCUT2D eigenvalue weighted by molar-refractivity contribution is 0.102. The van der Waals surface area contributed by atoms with Gasteiger partial charge in [-0.2, -0.15) is 10.2 Å². The summed E-state index contributed by atoms with van der Waals surface area (Å²) in [5, 5.41) is 12.3. The van der Waals surface area contributed by atoms with E-state index in [0.29, 0.717) is 35.4 Å². The lowest BCUT2D eigenvalue weighted by Crippen LogP contribution is -2.15. The third kappa shape index (κ3) is 4.18. The van der Waals surface area contributed by atoms with Gasteiger partial charge in [-0.25, -0.2) is 4.98 Å². The standard InChI is InChI=1S/C24H23N5O3/c1-15(2)10-11-32-20-9-8-16(12-21(20)31-3)23(30)27-22-17(13-25)14-29-19-7-5-4-6-18(19)26-24(29)28-22/h4-9,12,14-15H,10-11H2,1-3H3,(H,26,27,28,30). The lowest BCUT2D eigenvalue weighted by atomic mass is 10.1. The van der Waals surface area contributed by atoms with E-state index in [1.54, 1.807) is 28.8 Å². The molecule has 0 saturated carbocycles. The highest BCUT2D eigenvalue weighted by Gasteiger charge is 2.16. The molecule has 32 heavy (non-hydrogen) atoms. The average Bonchev–Trinajstić information content (AvgIpc) is 3.15. The van der Waals surface area contributed by atoms with Gasteiger partial charge in [0.05, 0.1) is 24.8 Å². The van der Waals surface area contributed by atoms with Gasteiger partial charge in [0.2, 0.25) is 5.78 Å². The zero-order valence-corrected chi connectivity index (χ0v) is 18.1. The molecule has 8 nitrogen and oxygen atoms in total. The highest BCUT2D eigenvalue weighted by molar-refractivity contribution is 6.05. The van der Waals surface area contributed by atoms with E-state index in [-0.39, 0.29) is 11.4 Å². The predicted octanol–water partition coefficient (Wildman–Crippen LogP) is 4.44. The molecule has 0 radical (unpaired) electrons. The van der Waals surface area contributed by atoms with Gasteiger partial charge in [-0.3, -0.25) is 9.20 Å². The van der Waals surface area contributed by atoms with Gasteiger partial charge in [0.15, 0.2) is 17.3 Å². The highest BCUT2D eigenvalue weighted by Crippen LogP contribution is 2.29. The van der Waals surface area contributed by atoms with Crippen LogP contribution in [0.15, 0.2) is 48.7 Å². The average molecular weight is 429 g/mol. The summed E-state index contributed by atoms with van der Waals surface area (Å²) in [6, 6.07) is 14.6. The fourth-order valence-corrected chi connectivity index (χ4v) is 3.28. The van der Waals surface area contributed by atoms with E-state index in [4.69, 9.17) is 9.47 Å². The zero-order chi connectivity index (χ0) is 22.7. The van der Waals surface area contributed by atoms with Crippen molar-refractivity contribution in [2.75, 3.05) is 19.0 Å². The molecular formula is C24H23N5O3. The topological polar surface area (TPSA) is 102 Å². The van der Waals surface area contributed by atoms with Crippen molar-refractivity contribution in [3.05, 3.63) is 59.8 Å². The SMILES string of the molecule is COc1cc(C(=O)Nc2nc3nc4ccccc4n3cc2C#N)ccc1OCCC(C)C. The van der Waals surface area contributed by atoms with Crippen molar-refractivity contribution in [1.82, 2.24) is 14.4 Å². The number of hydrogen-bond donors (Lipinski definition) is 1. The molecule has 162 valence electrons. The monoisotopic (exact) mass is 429 g/mol. The molecule has 0 spiro atoms. The molecule has 0 saturated heterocycles. The van der Waals surface area contributed by atoms with E-state index in [1.165, 1.54) is 7.11 Å². The molecule has 1 amide bonds. The minimum absolute atomic E-state index is 0.150. The van der Waals surface area contributed by atoms with Gasteiger partial charge in [0.25, 0.3) is 5.91 Å². The van der Waals surface area contributed by atoms with Gasteiger partial charge in [-0.05, 0) is 42.7 Å². The Kier molecular flexibility index (Phi) is 5.90. The van der Waals surface area contributed by atoms with Crippen LogP contribution in [0.4, 0.5) is 5.82 Å². The van der Waals surface area contributed by atoms with Crippen molar-refractivity contribution in [2.24, 2.45) is 5.92 Å². The van der Waals surface area contributed by atoms with Gasteiger partial charge in [-0.1, -0.05) is 26.0 Å². The Morgan fingerprint density at radius 3 is 2.75 bits per heavy atom. The number of amides is 1. The fraction of sp³-hybridized carbons (Fsp3) is 0.250. The minimum Gasteiger partial charge on any atom is -0.493 e. The summed E-state index contributed by atoms with van der Waals surface area (Å²) >= 11 is 0. The molecular weight excluding hydrogens is 406 g/mol. The molecule has 4 rings (SSSR count). The van der Waals surface area contributed by atoms with Crippen LogP contribution in [0, 0.1) is 17.2 Å². The first kappa shape index (κ1) is 21.1. The van der Waals surface area contributed by atoms with Crippen LogP contribution < -0.4 is 14.8 Å². The lowest BCUT2D eigenvalue weighted by Gasteiger charge is -2.13. The maximum absolute atomic E-state index is 12.9. The van der Waals surface area contributed by atoms with E-state index < -0.39 is 5.91 Å². The second kappa shape index (κ2) is 8.94. The van der Waals surface area contributed by atoms with Gasteiger partial charge in [0.1, 0.15) is 11.6 Å². The number of aromatic nitrogens is 3. The van der Waals surface area contributed by atoms with E-state index in [0.717, 1.165) is 17.5 Å². The summed E-state index contributed by atoms with van der Waals surface area (Å²) in [5.41, 5.74) is 2.18. The van der Waals surface area contributed by atoms with Crippen LogP contribution in [0.3, 0.4) is 0 Å². The first-order valence-corrected chi connectivity index (χ1v) is 10.3. The van der Waals surface area contributed by atoms with E-state index in [1.807, 2.05) is 24.3 Å². The number of hydrogen-bond acceptors (Lipinski definition) is 6. The van der Waals surface area contributed by atoms with Crippen LogP contribution in [0.25, 0.3) is 16.8 Å². The number of nitriles is 1. The molecule has 0 atom stereocenters.